The molecule has 0 bridgehead atoms. The molecule has 1 fully saturated rings. The zero-order chi connectivity index (χ0) is 13.7. The SMILES string of the molecule is CCCNC(=O)c1cccc(NC2CCCC2C)c1. The molecule has 0 aromatic heterocycles. The van der Waals surface area contributed by atoms with Gasteiger partial charge >= 0.3 is 0 Å². The Labute approximate surface area is 115 Å². The van der Waals surface area contributed by atoms with Crippen LogP contribution in [0.25, 0.3) is 0 Å². The van der Waals surface area contributed by atoms with E-state index in [1.807, 2.05) is 24.3 Å². The van der Waals surface area contributed by atoms with Gasteiger partial charge in [0.2, 0.25) is 0 Å². The van der Waals surface area contributed by atoms with E-state index in [0.717, 1.165) is 30.1 Å². The van der Waals surface area contributed by atoms with Crippen molar-refractivity contribution in [3.8, 4) is 0 Å². The van der Waals surface area contributed by atoms with Gasteiger partial charge < -0.3 is 10.6 Å². The summed E-state index contributed by atoms with van der Waals surface area (Å²) in [6, 6.07) is 8.36. The summed E-state index contributed by atoms with van der Waals surface area (Å²) in [5, 5.41) is 6.47. The summed E-state index contributed by atoms with van der Waals surface area (Å²) in [6.45, 7) is 5.08. The average Bonchev–Trinajstić information content (AvgIpc) is 2.82. The van der Waals surface area contributed by atoms with E-state index in [4.69, 9.17) is 0 Å². The van der Waals surface area contributed by atoms with E-state index < -0.39 is 0 Å². The second-order valence-corrected chi connectivity index (χ2v) is 5.50. The molecule has 3 heteroatoms. The second-order valence-electron chi connectivity index (χ2n) is 5.50. The number of carbonyl (C=O) groups is 1. The van der Waals surface area contributed by atoms with E-state index in [1.54, 1.807) is 0 Å². The molecule has 1 amide bonds. The predicted molar refractivity (Wildman–Crippen MR) is 79.5 cm³/mol. The lowest BCUT2D eigenvalue weighted by Crippen LogP contribution is -2.25. The highest BCUT2D eigenvalue weighted by atomic mass is 16.1. The van der Waals surface area contributed by atoms with E-state index >= 15 is 0 Å². The van der Waals surface area contributed by atoms with Crippen molar-refractivity contribution in [3.63, 3.8) is 0 Å². The first-order valence-electron chi connectivity index (χ1n) is 7.35. The number of hydrogen-bond donors (Lipinski definition) is 2. The smallest absolute Gasteiger partial charge is 0.251 e. The fourth-order valence-electron chi connectivity index (χ4n) is 2.66. The molecular weight excluding hydrogens is 236 g/mol. The molecular formula is C16H24N2O. The summed E-state index contributed by atoms with van der Waals surface area (Å²) in [5.74, 6) is 0.738. The van der Waals surface area contributed by atoms with Crippen LogP contribution in [0.2, 0.25) is 0 Å². The highest BCUT2D eigenvalue weighted by Gasteiger charge is 2.23. The van der Waals surface area contributed by atoms with Gasteiger partial charge in [-0.25, -0.2) is 0 Å². The van der Waals surface area contributed by atoms with Crippen LogP contribution in [-0.4, -0.2) is 18.5 Å². The van der Waals surface area contributed by atoms with Gasteiger partial charge in [0.25, 0.3) is 5.91 Å². The molecule has 2 unspecified atom stereocenters. The molecule has 2 atom stereocenters. The number of rotatable bonds is 5. The Balaban J connectivity index is 2.00. The van der Waals surface area contributed by atoms with Gasteiger partial charge in [0, 0.05) is 23.8 Å². The molecule has 104 valence electrons. The van der Waals surface area contributed by atoms with E-state index in [-0.39, 0.29) is 5.91 Å². The Morgan fingerprint density at radius 2 is 2.21 bits per heavy atom. The first-order valence-corrected chi connectivity index (χ1v) is 7.35. The largest absolute Gasteiger partial charge is 0.382 e. The van der Waals surface area contributed by atoms with Crippen molar-refractivity contribution in [2.45, 2.75) is 45.6 Å². The Hall–Kier alpha value is -1.51. The van der Waals surface area contributed by atoms with Gasteiger partial charge in [0.1, 0.15) is 0 Å². The molecule has 0 aliphatic heterocycles. The van der Waals surface area contributed by atoms with Crippen LogP contribution < -0.4 is 10.6 Å². The molecule has 0 spiro atoms. The quantitative estimate of drug-likeness (QED) is 0.851. The van der Waals surface area contributed by atoms with Gasteiger partial charge in [-0.2, -0.15) is 0 Å². The van der Waals surface area contributed by atoms with E-state index in [1.165, 1.54) is 19.3 Å². The number of benzene rings is 1. The maximum Gasteiger partial charge on any atom is 0.251 e. The van der Waals surface area contributed by atoms with Crippen molar-refractivity contribution in [2.24, 2.45) is 5.92 Å². The minimum absolute atomic E-state index is 0.0185. The summed E-state index contributed by atoms with van der Waals surface area (Å²) in [6.07, 6.45) is 4.79. The Bertz CT molecular complexity index is 431. The molecule has 1 aromatic carbocycles. The third kappa shape index (κ3) is 3.72. The number of anilines is 1. The average molecular weight is 260 g/mol. The van der Waals surface area contributed by atoms with Crippen LogP contribution in [0.3, 0.4) is 0 Å². The Morgan fingerprint density at radius 1 is 1.37 bits per heavy atom. The molecule has 2 N–H and O–H groups in total. The van der Waals surface area contributed by atoms with Gasteiger partial charge in [-0.1, -0.05) is 26.3 Å². The standard InChI is InChI=1S/C16H24N2O/c1-3-10-17-16(19)13-7-5-8-14(11-13)18-15-9-4-6-12(15)2/h5,7-8,11-12,15,18H,3-4,6,9-10H2,1-2H3,(H,17,19). The third-order valence-corrected chi connectivity index (χ3v) is 3.87. The number of carbonyl (C=O) groups excluding carboxylic acids is 1. The van der Waals surface area contributed by atoms with Crippen molar-refractivity contribution in [2.75, 3.05) is 11.9 Å². The monoisotopic (exact) mass is 260 g/mol. The fourth-order valence-corrected chi connectivity index (χ4v) is 2.66. The normalized spacial score (nSPS) is 22.2. The number of nitrogens with one attached hydrogen (secondary N) is 2. The highest BCUT2D eigenvalue weighted by Crippen LogP contribution is 2.28. The molecule has 1 aliphatic rings. The van der Waals surface area contributed by atoms with E-state index in [2.05, 4.69) is 24.5 Å². The molecule has 19 heavy (non-hydrogen) atoms. The molecule has 0 heterocycles. The minimum atomic E-state index is 0.0185. The third-order valence-electron chi connectivity index (χ3n) is 3.87. The van der Waals surface area contributed by atoms with Crippen LogP contribution in [0.4, 0.5) is 5.69 Å². The first-order chi connectivity index (χ1) is 9.20. The van der Waals surface area contributed by atoms with Gasteiger partial charge in [-0.3, -0.25) is 4.79 Å². The lowest BCUT2D eigenvalue weighted by atomic mass is 10.1. The Kier molecular flexibility index (Phi) is 4.83. The van der Waals surface area contributed by atoms with E-state index in [0.29, 0.717) is 6.04 Å². The van der Waals surface area contributed by atoms with Gasteiger partial charge in [0.05, 0.1) is 0 Å². The van der Waals surface area contributed by atoms with Crippen molar-refractivity contribution in [1.29, 1.82) is 0 Å². The minimum Gasteiger partial charge on any atom is -0.382 e. The van der Waals surface area contributed by atoms with Crippen LogP contribution in [0.5, 0.6) is 0 Å². The molecule has 1 aromatic rings. The lowest BCUT2D eigenvalue weighted by molar-refractivity contribution is 0.0953. The van der Waals surface area contributed by atoms with Crippen LogP contribution >= 0.6 is 0 Å². The van der Waals surface area contributed by atoms with Crippen LogP contribution in [0.1, 0.15) is 49.9 Å². The summed E-state index contributed by atoms with van der Waals surface area (Å²) in [5.41, 5.74) is 1.80. The van der Waals surface area contributed by atoms with E-state index in [9.17, 15) is 4.79 Å². The summed E-state index contributed by atoms with van der Waals surface area (Å²) in [4.78, 5) is 11.9. The van der Waals surface area contributed by atoms with Crippen molar-refractivity contribution in [3.05, 3.63) is 29.8 Å². The topological polar surface area (TPSA) is 41.1 Å². The fraction of sp³-hybridized carbons (Fsp3) is 0.562. The summed E-state index contributed by atoms with van der Waals surface area (Å²) in [7, 11) is 0. The molecule has 2 rings (SSSR count). The van der Waals surface area contributed by atoms with Gasteiger partial charge in [0.15, 0.2) is 0 Å². The second kappa shape index (κ2) is 6.60. The molecule has 3 nitrogen and oxygen atoms in total. The molecule has 1 aliphatic carbocycles. The highest BCUT2D eigenvalue weighted by molar-refractivity contribution is 5.95. The molecule has 1 saturated carbocycles. The summed E-state index contributed by atoms with van der Waals surface area (Å²) >= 11 is 0. The Morgan fingerprint density at radius 3 is 2.89 bits per heavy atom. The maximum atomic E-state index is 11.9. The predicted octanol–water partition coefficient (Wildman–Crippen LogP) is 3.43. The zero-order valence-electron chi connectivity index (χ0n) is 11.9. The molecule has 0 saturated heterocycles. The van der Waals surface area contributed by atoms with Crippen molar-refractivity contribution in [1.82, 2.24) is 5.32 Å². The molecule has 0 radical (unpaired) electrons. The number of hydrogen-bond acceptors (Lipinski definition) is 2. The van der Waals surface area contributed by atoms with Crippen LogP contribution in [0.15, 0.2) is 24.3 Å². The maximum absolute atomic E-state index is 11.9. The van der Waals surface area contributed by atoms with Crippen LogP contribution in [0, 0.1) is 5.92 Å². The first kappa shape index (κ1) is 13.9. The number of amides is 1. The lowest BCUT2D eigenvalue weighted by Gasteiger charge is -2.19. The van der Waals surface area contributed by atoms with Crippen LogP contribution in [-0.2, 0) is 0 Å². The van der Waals surface area contributed by atoms with Gasteiger partial charge in [-0.05, 0) is 43.4 Å². The van der Waals surface area contributed by atoms with Crippen molar-refractivity contribution < 1.29 is 4.79 Å². The summed E-state index contributed by atoms with van der Waals surface area (Å²) < 4.78 is 0. The van der Waals surface area contributed by atoms with Crippen molar-refractivity contribution >= 4 is 11.6 Å². The zero-order valence-corrected chi connectivity index (χ0v) is 11.9. The van der Waals surface area contributed by atoms with Gasteiger partial charge in [-0.15, -0.1) is 0 Å².